The topological polar surface area (TPSA) is 30.0 Å². The second-order valence-electron chi connectivity index (χ2n) is 2.46. The van der Waals surface area contributed by atoms with Gasteiger partial charge in [-0.05, 0) is 25.4 Å². The van der Waals surface area contributed by atoms with Crippen LogP contribution in [0.1, 0.15) is 16.1 Å². The SMILES string of the molecule is BCC(=O)c1ccnc(C)c1. The van der Waals surface area contributed by atoms with E-state index in [4.69, 9.17) is 0 Å². The minimum atomic E-state index is 0.176. The van der Waals surface area contributed by atoms with Crippen LogP contribution >= 0.6 is 0 Å². The first kappa shape index (κ1) is 7.99. The fraction of sp³-hybridized carbons (Fsp3) is 0.250. The van der Waals surface area contributed by atoms with Crippen molar-refractivity contribution in [1.82, 2.24) is 4.98 Å². The zero-order chi connectivity index (χ0) is 8.27. The minimum absolute atomic E-state index is 0.176. The van der Waals surface area contributed by atoms with E-state index in [1.165, 1.54) is 0 Å². The van der Waals surface area contributed by atoms with Crippen molar-refractivity contribution in [3.05, 3.63) is 29.6 Å². The summed E-state index contributed by atoms with van der Waals surface area (Å²) < 4.78 is 0. The maximum absolute atomic E-state index is 11.1. The van der Waals surface area contributed by atoms with E-state index in [1.807, 2.05) is 20.8 Å². The van der Waals surface area contributed by atoms with Gasteiger partial charge in [0.25, 0.3) is 0 Å². The summed E-state index contributed by atoms with van der Waals surface area (Å²) >= 11 is 0. The fourth-order valence-corrected chi connectivity index (χ4v) is 0.923. The highest BCUT2D eigenvalue weighted by molar-refractivity contribution is 6.23. The first-order chi connectivity index (χ1) is 5.24. The molecule has 1 rings (SSSR count). The molecule has 0 N–H and O–H groups in total. The lowest BCUT2D eigenvalue weighted by atomic mass is 9.96. The van der Waals surface area contributed by atoms with E-state index in [2.05, 4.69) is 4.98 Å². The van der Waals surface area contributed by atoms with Gasteiger partial charge in [0.1, 0.15) is 7.85 Å². The number of hydrogen-bond acceptors (Lipinski definition) is 2. The van der Waals surface area contributed by atoms with Crippen LogP contribution in [0.5, 0.6) is 0 Å². The van der Waals surface area contributed by atoms with E-state index in [1.54, 1.807) is 12.3 Å². The molecule has 1 aromatic heterocycles. The number of carbonyl (C=O) groups excluding carboxylic acids is 1. The molecule has 0 aliphatic carbocycles. The largest absolute Gasteiger partial charge is 0.295 e. The summed E-state index contributed by atoms with van der Waals surface area (Å²) in [5.74, 6) is 0.176. The van der Waals surface area contributed by atoms with E-state index in [0.29, 0.717) is 6.32 Å². The molecule has 0 aliphatic rings. The van der Waals surface area contributed by atoms with Gasteiger partial charge in [0.05, 0.1) is 0 Å². The maximum Gasteiger partial charge on any atom is 0.155 e. The summed E-state index contributed by atoms with van der Waals surface area (Å²) in [6.45, 7) is 1.88. The van der Waals surface area contributed by atoms with Gasteiger partial charge in [0, 0.05) is 17.5 Å². The monoisotopic (exact) mass is 147 g/mol. The van der Waals surface area contributed by atoms with Crippen molar-refractivity contribution < 1.29 is 4.79 Å². The van der Waals surface area contributed by atoms with E-state index < -0.39 is 0 Å². The Bertz CT molecular complexity index is 273. The molecule has 0 saturated heterocycles. The molecule has 1 heterocycles. The molecule has 0 atom stereocenters. The lowest BCUT2D eigenvalue weighted by molar-refractivity contribution is 0.101. The minimum Gasteiger partial charge on any atom is -0.295 e. The second-order valence-corrected chi connectivity index (χ2v) is 2.46. The standard InChI is InChI=1S/C8H10BNO/c1-6-4-7(2-3-10-6)8(11)5-9/h2-4H,5,9H2,1H3. The zero-order valence-electron chi connectivity index (χ0n) is 6.79. The molecule has 0 spiro atoms. The molecule has 0 aromatic carbocycles. The van der Waals surface area contributed by atoms with Crippen LogP contribution in [0.25, 0.3) is 0 Å². The highest BCUT2D eigenvalue weighted by Crippen LogP contribution is 2.02. The molecule has 56 valence electrons. The Balaban J connectivity index is 2.96. The summed E-state index contributed by atoms with van der Waals surface area (Å²) in [5.41, 5.74) is 1.66. The molecule has 0 aliphatic heterocycles. The zero-order valence-corrected chi connectivity index (χ0v) is 6.79. The normalized spacial score (nSPS) is 9.55. The van der Waals surface area contributed by atoms with E-state index in [9.17, 15) is 4.79 Å². The molecule has 2 nitrogen and oxygen atoms in total. The molecule has 0 amide bonds. The van der Waals surface area contributed by atoms with Gasteiger partial charge in [0.2, 0.25) is 0 Å². The van der Waals surface area contributed by atoms with Crippen LogP contribution in [0.15, 0.2) is 18.3 Å². The van der Waals surface area contributed by atoms with Crippen LogP contribution in [-0.2, 0) is 0 Å². The van der Waals surface area contributed by atoms with Gasteiger partial charge in [0.15, 0.2) is 5.78 Å². The van der Waals surface area contributed by atoms with Gasteiger partial charge >= 0.3 is 0 Å². The molecule has 0 saturated carbocycles. The number of hydrogen-bond donors (Lipinski definition) is 0. The van der Waals surface area contributed by atoms with Crippen LogP contribution in [0.3, 0.4) is 0 Å². The molecule has 0 unspecified atom stereocenters. The van der Waals surface area contributed by atoms with Crippen molar-refractivity contribution in [1.29, 1.82) is 0 Å². The van der Waals surface area contributed by atoms with Crippen molar-refractivity contribution in [3.8, 4) is 0 Å². The van der Waals surface area contributed by atoms with Crippen molar-refractivity contribution in [2.75, 3.05) is 0 Å². The Morgan fingerprint density at radius 1 is 1.73 bits per heavy atom. The smallest absolute Gasteiger partial charge is 0.155 e. The highest BCUT2D eigenvalue weighted by Gasteiger charge is 2.01. The summed E-state index contributed by atoms with van der Waals surface area (Å²) in [5, 5.41) is 0. The number of Topliss-reactive ketones (excluding diaryl/α,β-unsaturated/α-hetero) is 1. The predicted molar refractivity (Wildman–Crippen MR) is 46.7 cm³/mol. The van der Waals surface area contributed by atoms with Crippen LogP contribution in [0, 0.1) is 6.92 Å². The maximum atomic E-state index is 11.1. The van der Waals surface area contributed by atoms with Gasteiger partial charge in [-0.25, -0.2) is 0 Å². The summed E-state index contributed by atoms with van der Waals surface area (Å²) in [7, 11) is 1.86. The van der Waals surface area contributed by atoms with Crippen LogP contribution in [0.4, 0.5) is 0 Å². The first-order valence-corrected chi connectivity index (χ1v) is 3.70. The van der Waals surface area contributed by atoms with Crippen molar-refractivity contribution in [2.45, 2.75) is 13.2 Å². The van der Waals surface area contributed by atoms with Crippen LogP contribution in [-0.4, -0.2) is 18.6 Å². The number of ketones is 1. The Morgan fingerprint density at radius 2 is 2.45 bits per heavy atom. The third kappa shape index (κ3) is 1.90. The highest BCUT2D eigenvalue weighted by atomic mass is 16.1. The Labute approximate surface area is 67.1 Å². The molecule has 0 bridgehead atoms. The van der Waals surface area contributed by atoms with Gasteiger partial charge in [-0.3, -0.25) is 9.78 Å². The molecular weight excluding hydrogens is 137 g/mol. The third-order valence-electron chi connectivity index (χ3n) is 1.54. The number of pyridine rings is 1. The lowest BCUT2D eigenvalue weighted by Gasteiger charge is -1.96. The van der Waals surface area contributed by atoms with Crippen molar-refractivity contribution in [2.24, 2.45) is 0 Å². The summed E-state index contributed by atoms with van der Waals surface area (Å²) in [6.07, 6.45) is 2.22. The van der Waals surface area contributed by atoms with Crippen molar-refractivity contribution >= 4 is 13.6 Å². The fourth-order valence-electron chi connectivity index (χ4n) is 0.923. The van der Waals surface area contributed by atoms with Gasteiger partial charge < -0.3 is 0 Å². The van der Waals surface area contributed by atoms with Gasteiger partial charge in [-0.15, -0.1) is 0 Å². The molecule has 3 heteroatoms. The quantitative estimate of drug-likeness (QED) is 0.453. The third-order valence-corrected chi connectivity index (χ3v) is 1.54. The molecular formula is C8H10BNO. The number of aryl methyl sites for hydroxylation is 1. The first-order valence-electron chi connectivity index (χ1n) is 3.70. The number of carbonyl (C=O) groups is 1. The number of nitrogens with zero attached hydrogens (tertiary/aromatic N) is 1. The molecule has 0 radical (unpaired) electrons. The number of aromatic nitrogens is 1. The van der Waals surface area contributed by atoms with Gasteiger partial charge in [-0.1, -0.05) is 0 Å². The lowest BCUT2D eigenvalue weighted by Crippen LogP contribution is -1.98. The van der Waals surface area contributed by atoms with E-state index in [-0.39, 0.29) is 5.78 Å². The average molecular weight is 147 g/mol. The van der Waals surface area contributed by atoms with E-state index in [0.717, 1.165) is 11.3 Å². The van der Waals surface area contributed by atoms with Gasteiger partial charge in [-0.2, -0.15) is 0 Å². The predicted octanol–water partition coefficient (Wildman–Crippen LogP) is 0.624. The second kappa shape index (κ2) is 3.33. The summed E-state index contributed by atoms with van der Waals surface area (Å²) in [4.78, 5) is 15.1. The van der Waals surface area contributed by atoms with Crippen LogP contribution < -0.4 is 0 Å². The summed E-state index contributed by atoms with van der Waals surface area (Å²) in [6, 6.07) is 3.56. The molecule has 11 heavy (non-hydrogen) atoms. The average Bonchev–Trinajstić information content (AvgIpc) is 2.03. The van der Waals surface area contributed by atoms with Crippen molar-refractivity contribution in [3.63, 3.8) is 0 Å². The molecule has 0 fully saturated rings. The molecule has 1 aromatic rings. The Morgan fingerprint density at radius 3 is 3.00 bits per heavy atom. The Kier molecular flexibility index (Phi) is 2.42. The number of rotatable bonds is 2. The van der Waals surface area contributed by atoms with E-state index >= 15 is 0 Å². The van der Waals surface area contributed by atoms with Crippen LogP contribution in [0.2, 0.25) is 6.32 Å². The Hall–Kier alpha value is -1.12.